The van der Waals surface area contributed by atoms with Gasteiger partial charge in [0.1, 0.15) is 12.4 Å². The number of carbonyl (C=O) groups excluding carboxylic acids is 2. The van der Waals surface area contributed by atoms with Crippen molar-refractivity contribution in [2.24, 2.45) is 5.92 Å². The van der Waals surface area contributed by atoms with Gasteiger partial charge in [-0.15, -0.1) is 0 Å². The summed E-state index contributed by atoms with van der Waals surface area (Å²) in [7, 11) is 0. The zero-order chi connectivity index (χ0) is 19.5. The van der Waals surface area contributed by atoms with E-state index in [9.17, 15) is 9.59 Å². The number of nitrogens with zero attached hydrogens (tertiary/aromatic N) is 1. The lowest BCUT2D eigenvalue weighted by Gasteiger charge is -2.28. The van der Waals surface area contributed by atoms with E-state index in [1.807, 2.05) is 49.4 Å². The van der Waals surface area contributed by atoms with Crippen LogP contribution in [0.25, 0.3) is 0 Å². The second kappa shape index (κ2) is 8.02. The monoisotopic (exact) mass is 380 g/mol. The summed E-state index contributed by atoms with van der Waals surface area (Å²) in [6.07, 6.45) is 0.646. The Bertz CT molecular complexity index is 890. The van der Waals surface area contributed by atoms with Crippen molar-refractivity contribution in [3.63, 3.8) is 0 Å². The number of anilines is 1. The van der Waals surface area contributed by atoms with E-state index in [2.05, 4.69) is 5.32 Å². The molecule has 0 saturated carbocycles. The summed E-state index contributed by atoms with van der Waals surface area (Å²) in [6.45, 7) is 4.53. The van der Waals surface area contributed by atoms with Gasteiger partial charge in [0.25, 0.3) is 5.91 Å². The number of para-hydroxylation sites is 1. The molecule has 2 aliphatic heterocycles. The molecule has 1 saturated heterocycles. The molecule has 6 nitrogen and oxygen atoms in total. The number of rotatable bonds is 3. The molecule has 28 heavy (non-hydrogen) atoms. The minimum atomic E-state index is -0.257. The molecule has 2 aromatic rings. The molecular formula is C22H24N2O4. The summed E-state index contributed by atoms with van der Waals surface area (Å²) in [4.78, 5) is 27.4. The van der Waals surface area contributed by atoms with Crippen LogP contribution in [0.4, 0.5) is 5.69 Å². The Morgan fingerprint density at radius 2 is 1.86 bits per heavy atom. The number of hydrogen-bond donors (Lipinski definition) is 1. The lowest BCUT2D eigenvalue weighted by Crippen LogP contribution is -2.41. The van der Waals surface area contributed by atoms with Crippen LogP contribution in [-0.4, -0.2) is 49.6 Å². The molecule has 6 heteroatoms. The molecule has 1 N–H and O–H groups in total. The highest BCUT2D eigenvalue weighted by molar-refractivity contribution is 6.00. The van der Waals surface area contributed by atoms with Crippen molar-refractivity contribution in [1.29, 1.82) is 0 Å². The Morgan fingerprint density at radius 3 is 2.68 bits per heavy atom. The molecular weight excluding hydrogens is 356 g/mol. The summed E-state index contributed by atoms with van der Waals surface area (Å²) in [6, 6.07) is 13.2. The van der Waals surface area contributed by atoms with Gasteiger partial charge in [0.2, 0.25) is 5.91 Å². The third-order valence-corrected chi connectivity index (χ3v) is 5.37. The lowest BCUT2D eigenvalue weighted by atomic mass is 9.95. The molecule has 2 aromatic carbocycles. The van der Waals surface area contributed by atoms with Crippen LogP contribution in [0, 0.1) is 12.8 Å². The van der Waals surface area contributed by atoms with Crippen LogP contribution in [0.5, 0.6) is 5.75 Å². The van der Waals surface area contributed by atoms with E-state index in [0.29, 0.717) is 50.6 Å². The Labute approximate surface area is 164 Å². The maximum absolute atomic E-state index is 12.8. The third-order valence-electron chi connectivity index (χ3n) is 5.37. The van der Waals surface area contributed by atoms with E-state index >= 15 is 0 Å². The van der Waals surface area contributed by atoms with Crippen LogP contribution in [0.1, 0.15) is 21.5 Å². The van der Waals surface area contributed by atoms with Gasteiger partial charge in [0.05, 0.1) is 19.1 Å². The summed E-state index contributed by atoms with van der Waals surface area (Å²) >= 11 is 0. The SMILES string of the molecule is Cc1c(NC(=O)[C@H]2COc3ccccc3C2)cccc1C(=O)N1CCOCC1. The normalized spacial score (nSPS) is 18.8. The molecule has 1 fully saturated rings. The Balaban J connectivity index is 1.48. The van der Waals surface area contributed by atoms with Crippen molar-refractivity contribution in [2.75, 3.05) is 38.2 Å². The number of hydrogen-bond acceptors (Lipinski definition) is 4. The van der Waals surface area contributed by atoms with E-state index in [1.165, 1.54) is 0 Å². The first kappa shape index (κ1) is 18.5. The highest BCUT2D eigenvalue weighted by atomic mass is 16.5. The summed E-state index contributed by atoms with van der Waals surface area (Å²) in [5.41, 5.74) is 3.11. The second-order valence-electron chi connectivity index (χ2n) is 7.19. The molecule has 0 bridgehead atoms. The van der Waals surface area contributed by atoms with Crippen molar-refractivity contribution in [3.8, 4) is 5.75 Å². The van der Waals surface area contributed by atoms with E-state index in [0.717, 1.165) is 16.9 Å². The van der Waals surface area contributed by atoms with Gasteiger partial charge in [0.15, 0.2) is 0 Å². The van der Waals surface area contributed by atoms with Crippen LogP contribution in [0.2, 0.25) is 0 Å². The van der Waals surface area contributed by atoms with Crippen LogP contribution >= 0.6 is 0 Å². The van der Waals surface area contributed by atoms with Gasteiger partial charge in [-0.1, -0.05) is 24.3 Å². The highest BCUT2D eigenvalue weighted by Gasteiger charge is 2.27. The van der Waals surface area contributed by atoms with Crippen molar-refractivity contribution in [1.82, 2.24) is 4.90 Å². The zero-order valence-electron chi connectivity index (χ0n) is 15.9. The van der Waals surface area contributed by atoms with Crippen molar-refractivity contribution in [3.05, 3.63) is 59.2 Å². The third kappa shape index (κ3) is 3.73. The largest absolute Gasteiger partial charge is 0.492 e. The van der Waals surface area contributed by atoms with Gasteiger partial charge in [-0.25, -0.2) is 0 Å². The fraction of sp³-hybridized carbons (Fsp3) is 0.364. The van der Waals surface area contributed by atoms with Gasteiger partial charge >= 0.3 is 0 Å². The first-order valence-electron chi connectivity index (χ1n) is 9.61. The molecule has 0 radical (unpaired) electrons. The number of ether oxygens (including phenoxy) is 2. The number of carbonyl (C=O) groups is 2. The number of morpholine rings is 1. The minimum absolute atomic E-state index is 0.0215. The smallest absolute Gasteiger partial charge is 0.254 e. The number of nitrogens with one attached hydrogen (secondary N) is 1. The maximum atomic E-state index is 12.8. The van der Waals surface area contributed by atoms with Gasteiger partial charge in [0, 0.05) is 24.3 Å². The van der Waals surface area contributed by atoms with Crippen LogP contribution in [-0.2, 0) is 16.0 Å². The van der Waals surface area contributed by atoms with Crippen LogP contribution < -0.4 is 10.1 Å². The quantitative estimate of drug-likeness (QED) is 0.889. The fourth-order valence-corrected chi connectivity index (χ4v) is 3.67. The lowest BCUT2D eigenvalue weighted by molar-refractivity contribution is -0.121. The summed E-state index contributed by atoms with van der Waals surface area (Å²) in [5.74, 6) is 0.481. The summed E-state index contributed by atoms with van der Waals surface area (Å²) < 4.78 is 11.1. The average Bonchev–Trinajstić information content (AvgIpc) is 2.75. The van der Waals surface area contributed by atoms with Gasteiger partial charge < -0.3 is 19.7 Å². The topological polar surface area (TPSA) is 67.9 Å². The van der Waals surface area contributed by atoms with Crippen molar-refractivity contribution in [2.45, 2.75) is 13.3 Å². The highest BCUT2D eigenvalue weighted by Crippen LogP contribution is 2.28. The number of fused-ring (bicyclic) bond motifs is 1. The predicted octanol–water partition coefficient (Wildman–Crippen LogP) is 2.66. The first-order chi connectivity index (χ1) is 13.6. The fourth-order valence-electron chi connectivity index (χ4n) is 3.67. The standard InChI is InChI=1S/C22H24N2O4/c1-15-18(22(26)24-9-11-27-12-10-24)6-4-7-19(15)23-21(25)17-13-16-5-2-3-8-20(16)28-14-17/h2-8,17H,9-14H2,1H3,(H,23,25)/t17-/m1/s1. The molecule has 146 valence electrons. The average molecular weight is 380 g/mol. The van der Waals surface area contributed by atoms with Crippen molar-refractivity contribution >= 4 is 17.5 Å². The van der Waals surface area contributed by atoms with E-state index < -0.39 is 0 Å². The molecule has 0 aromatic heterocycles. The summed E-state index contributed by atoms with van der Waals surface area (Å²) in [5, 5.41) is 2.99. The minimum Gasteiger partial charge on any atom is -0.492 e. The van der Waals surface area contributed by atoms with Gasteiger partial charge in [-0.05, 0) is 42.7 Å². The molecule has 0 unspecified atom stereocenters. The van der Waals surface area contributed by atoms with E-state index in [-0.39, 0.29) is 17.7 Å². The molecule has 2 aliphatic rings. The Kier molecular flexibility index (Phi) is 5.30. The van der Waals surface area contributed by atoms with Crippen molar-refractivity contribution < 1.29 is 19.1 Å². The first-order valence-corrected chi connectivity index (χ1v) is 9.61. The predicted molar refractivity (Wildman–Crippen MR) is 106 cm³/mol. The van der Waals surface area contributed by atoms with E-state index in [4.69, 9.17) is 9.47 Å². The Hall–Kier alpha value is -2.86. The van der Waals surface area contributed by atoms with Gasteiger partial charge in [-0.2, -0.15) is 0 Å². The van der Waals surface area contributed by atoms with Crippen LogP contribution in [0.3, 0.4) is 0 Å². The number of benzene rings is 2. The molecule has 2 amide bonds. The zero-order valence-corrected chi connectivity index (χ0v) is 15.9. The second-order valence-corrected chi connectivity index (χ2v) is 7.19. The van der Waals surface area contributed by atoms with Crippen LogP contribution in [0.15, 0.2) is 42.5 Å². The molecule has 0 aliphatic carbocycles. The molecule has 0 spiro atoms. The Morgan fingerprint density at radius 1 is 1.07 bits per heavy atom. The number of amides is 2. The molecule has 4 rings (SSSR count). The molecule has 2 heterocycles. The van der Waals surface area contributed by atoms with E-state index in [1.54, 1.807) is 4.90 Å². The molecule has 1 atom stereocenters. The maximum Gasteiger partial charge on any atom is 0.254 e. The van der Waals surface area contributed by atoms with Gasteiger partial charge in [-0.3, -0.25) is 9.59 Å².